The van der Waals surface area contributed by atoms with Crippen molar-refractivity contribution in [2.75, 3.05) is 13.2 Å². The molecular formula is C28H36FN3O3. The minimum absolute atomic E-state index is 0.281. The van der Waals surface area contributed by atoms with Crippen molar-refractivity contribution in [3.05, 3.63) is 71.7 Å². The molecule has 1 aromatic heterocycles. The molecule has 1 fully saturated rings. The molecule has 2 aromatic carbocycles. The van der Waals surface area contributed by atoms with Crippen LogP contribution in [-0.4, -0.2) is 50.7 Å². The summed E-state index contributed by atoms with van der Waals surface area (Å²) in [6.07, 6.45) is 2.32. The summed E-state index contributed by atoms with van der Waals surface area (Å²) in [5, 5.41) is 15.6. The van der Waals surface area contributed by atoms with Crippen molar-refractivity contribution in [2.24, 2.45) is 0 Å². The Morgan fingerprint density at radius 1 is 1.14 bits per heavy atom. The zero-order valence-corrected chi connectivity index (χ0v) is 21.1. The monoisotopic (exact) mass is 481 g/mol. The van der Waals surface area contributed by atoms with Gasteiger partial charge in [-0.15, -0.1) is 0 Å². The predicted molar refractivity (Wildman–Crippen MR) is 135 cm³/mol. The topological polar surface area (TPSA) is 59.8 Å². The second kappa shape index (κ2) is 10.9. The molecule has 4 rings (SSSR count). The SMILES string of the molecule is CCc1nn(-c2ccccc2)c(Oc2cccc(F)c2)c1CN(CC(O)COC(C)(C)C)C1CC1. The summed E-state index contributed by atoms with van der Waals surface area (Å²) >= 11 is 0. The fraction of sp³-hybridized carbons (Fsp3) is 0.464. The van der Waals surface area contributed by atoms with Gasteiger partial charge in [-0.05, 0) is 64.3 Å². The summed E-state index contributed by atoms with van der Waals surface area (Å²) in [5.74, 6) is 0.638. The lowest BCUT2D eigenvalue weighted by Crippen LogP contribution is -2.38. The maximum Gasteiger partial charge on any atom is 0.227 e. The molecule has 35 heavy (non-hydrogen) atoms. The van der Waals surface area contributed by atoms with Crippen LogP contribution in [0.15, 0.2) is 54.6 Å². The van der Waals surface area contributed by atoms with Gasteiger partial charge in [0.05, 0.1) is 35.3 Å². The maximum absolute atomic E-state index is 13.9. The molecule has 0 spiro atoms. The summed E-state index contributed by atoms with van der Waals surface area (Å²) in [5.41, 5.74) is 2.45. The second-order valence-electron chi connectivity index (χ2n) is 10.1. The molecule has 1 aliphatic rings. The zero-order chi connectivity index (χ0) is 25.0. The summed E-state index contributed by atoms with van der Waals surface area (Å²) in [6.45, 7) is 9.39. The van der Waals surface area contributed by atoms with Crippen LogP contribution in [0.4, 0.5) is 4.39 Å². The van der Waals surface area contributed by atoms with Gasteiger partial charge in [-0.3, -0.25) is 4.90 Å². The van der Waals surface area contributed by atoms with Gasteiger partial charge in [0, 0.05) is 25.2 Å². The Morgan fingerprint density at radius 2 is 1.89 bits per heavy atom. The third kappa shape index (κ3) is 6.90. The molecule has 1 N–H and O–H groups in total. The van der Waals surface area contributed by atoms with Crippen LogP contribution in [0.2, 0.25) is 0 Å². The van der Waals surface area contributed by atoms with Gasteiger partial charge in [0.2, 0.25) is 5.88 Å². The maximum atomic E-state index is 13.9. The lowest BCUT2D eigenvalue weighted by molar-refractivity contribution is -0.0573. The third-order valence-corrected chi connectivity index (χ3v) is 5.94. The molecular weight excluding hydrogens is 445 g/mol. The van der Waals surface area contributed by atoms with Gasteiger partial charge in [0.25, 0.3) is 0 Å². The van der Waals surface area contributed by atoms with Gasteiger partial charge in [-0.2, -0.15) is 5.10 Å². The average molecular weight is 482 g/mol. The highest BCUT2D eigenvalue weighted by atomic mass is 19.1. The number of ether oxygens (including phenoxy) is 2. The molecule has 1 atom stereocenters. The van der Waals surface area contributed by atoms with E-state index in [9.17, 15) is 9.50 Å². The molecule has 0 amide bonds. The van der Waals surface area contributed by atoms with E-state index in [2.05, 4.69) is 11.8 Å². The first-order valence-electron chi connectivity index (χ1n) is 12.4. The summed E-state index contributed by atoms with van der Waals surface area (Å²) in [4.78, 5) is 2.29. The van der Waals surface area contributed by atoms with Crippen LogP contribution < -0.4 is 4.74 Å². The van der Waals surface area contributed by atoms with Crippen LogP contribution in [0.1, 0.15) is 51.8 Å². The van der Waals surface area contributed by atoms with Crippen LogP contribution in [0, 0.1) is 5.82 Å². The molecule has 1 aliphatic carbocycles. The van der Waals surface area contributed by atoms with Crippen molar-refractivity contribution >= 4 is 0 Å². The number of nitrogens with zero attached hydrogens (tertiary/aromatic N) is 3. The third-order valence-electron chi connectivity index (χ3n) is 5.94. The Bertz CT molecular complexity index is 1110. The average Bonchev–Trinajstić information content (AvgIpc) is 3.61. The number of benzene rings is 2. The van der Waals surface area contributed by atoms with E-state index in [4.69, 9.17) is 14.6 Å². The van der Waals surface area contributed by atoms with Gasteiger partial charge >= 0.3 is 0 Å². The number of aliphatic hydroxyl groups excluding tert-OH is 1. The standard InChI is InChI=1S/C28H36FN3O3/c1-5-26-25(18-31(21-14-15-21)17-23(33)19-34-28(2,3)4)27(35-24-13-9-10-20(29)16-24)32(30-26)22-11-7-6-8-12-22/h6-13,16,21,23,33H,5,14-15,17-19H2,1-4H3. The highest BCUT2D eigenvalue weighted by molar-refractivity contribution is 5.44. The lowest BCUT2D eigenvalue weighted by atomic mass is 10.1. The summed E-state index contributed by atoms with van der Waals surface area (Å²) in [6, 6.07) is 16.4. The van der Waals surface area contributed by atoms with Crippen LogP contribution in [0.5, 0.6) is 11.6 Å². The van der Waals surface area contributed by atoms with Crippen LogP contribution >= 0.6 is 0 Å². The van der Waals surface area contributed by atoms with E-state index in [-0.39, 0.29) is 18.0 Å². The number of hydrogen-bond donors (Lipinski definition) is 1. The van der Waals surface area contributed by atoms with E-state index in [0.717, 1.165) is 36.2 Å². The van der Waals surface area contributed by atoms with Crippen molar-refractivity contribution in [1.29, 1.82) is 0 Å². The normalized spacial score (nSPS) is 14.9. The van der Waals surface area contributed by atoms with Crippen LogP contribution in [0.25, 0.3) is 5.69 Å². The molecule has 1 heterocycles. The van der Waals surface area contributed by atoms with Crippen LogP contribution in [0.3, 0.4) is 0 Å². The second-order valence-corrected chi connectivity index (χ2v) is 10.1. The number of aliphatic hydroxyl groups is 1. The number of aryl methyl sites for hydroxylation is 1. The fourth-order valence-electron chi connectivity index (χ4n) is 4.07. The molecule has 0 bridgehead atoms. The molecule has 0 radical (unpaired) electrons. The lowest BCUT2D eigenvalue weighted by Gasteiger charge is -2.27. The quantitative estimate of drug-likeness (QED) is 0.392. The van der Waals surface area contributed by atoms with Crippen molar-refractivity contribution in [3.63, 3.8) is 0 Å². The molecule has 188 valence electrons. The molecule has 0 aliphatic heterocycles. The van der Waals surface area contributed by atoms with Gasteiger partial charge < -0.3 is 14.6 Å². The van der Waals surface area contributed by atoms with Gasteiger partial charge in [0.15, 0.2) is 0 Å². The smallest absolute Gasteiger partial charge is 0.227 e. The summed E-state index contributed by atoms with van der Waals surface area (Å²) in [7, 11) is 0. The van der Waals surface area contributed by atoms with E-state index < -0.39 is 6.10 Å². The zero-order valence-electron chi connectivity index (χ0n) is 21.1. The van der Waals surface area contributed by atoms with Crippen molar-refractivity contribution in [1.82, 2.24) is 14.7 Å². The Hall–Kier alpha value is -2.74. The highest BCUT2D eigenvalue weighted by Gasteiger charge is 2.33. The van der Waals surface area contributed by atoms with Crippen molar-refractivity contribution < 1.29 is 19.0 Å². The Morgan fingerprint density at radius 3 is 2.51 bits per heavy atom. The molecule has 6 nitrogen and oxygen atoms in total. The minimum atomic E-state index is -0.600. The first-order chi connectivity index (χ1) is 16.7. The molecule has 0 saturated heterocycles. The number of hydrogen-bond acceptors (Lipinski definition) is 5. The first-order valence-corrected chi connectivity index (χ1v) is 12.4. The first kappa shape index (κ1) is 25.4. The van der Waals surface area contributed by atoms with Gasteiger partial charge in [0.1, 0.15) is 11.6 Å². The minimum Gasteiger partial charge on any atom is -0.438 e. The van der Waals surface area contributed by atoms with Crippen LogP contribution in [-0.2, 0) is 17.7 Å². The van der Waals surface area contributed by atoms with Gasteiger partial charge in [-0.1, -0.05) is 31.2 Å². The molecule has 3 aromatic rings. The van der Waals surface area contributed by atoms with Crippen molar-refractivity contribution in [3.8, 4) is 17.3 Å². The Kier molecular flexibility index (Phi) is 7.89. The van der Waals surface area contributed by atoms with E-state index in [1.54, 1.807) is 16.8 Å². The number of halogens is 1. The molecule has 1 unspecified atom stereocenters. The number of para-hydroxylation sites is 1. The fourth-order valence-corrected chi connectivity index (χ4v) is 4.07. The highest BCUT2D eigenvalue weighted by Crippen LogP contribution is 2.35. The van der Waals surface area contributed by atoms with Crippen molar-refractivity contribution in [2.45, 2.75) is 71.2 Å². The Balaban J connectivity index is 1.66. The molecule has 7 heteroatoms. The summed E-state index contributed by atoms with van der Waals surface area (Å²) < 4.78 is 27.8. The Labute approximate surface area is 207 Å². The van der Waals surface area contributed by atoms with E-state index in [1.807, 2.05) is 51.1 Å². The predicted octanol–water partition coefficient (Wildman–Crippen LogP) is 5.51. The molecule has 1 saturated carbocycles. The number of rotatable bonds is 11. The largest absolute Gasteiger partial charge is 0.438 e. The van der Waals surface area contributed by atoms with E-state index in [1.165, 1.54) is 12.1 Å². The van der Waals surface area contributed by atoms with E-state index >= 15 is 0 Å². The van der Waals surface area contributed by atoms with E-state index in [0.29, 0.717) is 30.8 Å². The number of aromatic nitrogens is 2. The van der Waals surface area contributed by atoms with Gasteiger partial charge in [-0.25, -0.2) is 9.07 Å².